The maximum atomic E-state index is 9.15. The number of nitrogen functional groups attached to an aromatic ring is 1. The van der Waals surface area contributed by atoms with Crippen molar-refractivity contribution >= 4 is 17.0 Å². The summed E-state index contributed by atoms with van der Waals surface area (Å²) in [5.41, 5.74) is 6.89. The predicted octanol–water partition coefficient (Wildman–Crippen LogP) is 0.248. The van der Waals surface area contributed by atoms with Gasteiger partial charge in [-0.25, -0.2) is 15.0 Å². The maximum Gasteiger partial charge on any atom is 0.183 e. The molecule has 2 rings (SSSR count). The zero-order chi connectivity index (χ0) is 10.8. The van der Waals surface area contributed by atoms with Crippen LogP contribution in [0.4, 0.5) is 5.82 Å². The molecular weight excluding hydrogens is 194 g/mol. The Kier molecular flexibility index (Phi) is 2.51. The third kappa shape index (κ3) is 2.04. The molecule has 6 nitrogen and oxygen atoms in total. The molecule has 2 aromatic heterocycles. The van der Waals surface area contributed by atoms with Gasteiger partial charge in [0, 0.05) is 6.42 Å². The minimum atomic E-state index is -0.332. The third-order valence-corrected chi connectivity index (χ3v) is 2.17. The van der Waals surface area contributed by atoms with E-state index in [9.17, 15) is 0 Å². The minimum Gasteiger partial charge on any atom is -0.393 e. The van der Waals surface area contributed by atoms with Crippen molar-refractivity contribution in [3.8, 4) is 0 Å². The number of imidazole rings is 1. The molecule has 0 saturated heterocycles. The average molecular weight is 207 g/mol. The molecule has 0 amide bonds. The Morgan fingerprint density at radius 3 is 3.00 bits per heavy atom. The number of anilines is 1. The van der Waals surface area contributed by atoms with Crippen LogP contribution in [0.5, 0.6) is 0 Å². The molecule has 0 aromatic carbocycles. The number of nitrogens with one attached hydrogen (secondary N) is 1. The van der Waals surface area contributed by atoms with Gasteiger partial charge in [-0.15, -0.1) is 0 Å². The van der Waals surface area contributed by atoms with Crippen molar-refractivity contribution in [3.63, 3.8) is 0 Å². The van der Waals surface area contributed by atoms with Crippen molar-refractivity contribution in [1.29, 1.82) is 0 Å². The molecular formula is C9H13N5O. The number of aromatic amines is 1. The molecule has 0 aliphatic rings. The normalized spacial score (nSPS) is 13.2. The average Bonchev–Trinajstić information content (AvgIpc) is 2.59. The summed E-state index contributed by atoms with van der Waals surface area (Å²) in [5, 5.41) is 9.15. The molecule has 0 fully saturated rings. The number of aliphatic hydroxyl groups is 1. The number of fused-ring (bicyclic) bond motifs is 1. The van der Waals surface area contributed by atoms with Gasteiger partial charge in [0.05, 0.1) is 6.10 Å². The number of aromatic nitrogens is 4. The van der Waals surface area contributed by atoms with Crippen LogP contribution in [0.2, 0.25) is 0 Å². The van der Waals surface area contributed by atoms with Crippen molar-refractivity contribution in [3.05, 3.63) is 12.2 Å². The van der Waals surface area contributed by atoms with Gasteiger partial charge in [0.1, 0.15) is 17.7 Å². The molecule has 0 aliphatic heterocycles. The van der Waals surface area contributed by atoms with E-state index >= 15 is 0 Å². The molecule has 15 heavy (non-hydrogen) atoms. The Morgan fingerprint density at radius 2 is 2.33 bits per heavy atom. The van der Waals surface area contributed by atoms with Crippen LogP contribution in [0.25, 0.3) is 11.2 Å². The van der Waals surface area contributed by atoms with Gasteiger partial charge in [-0.3, -0.25) is 0 Å². The number of H-pyrrole nitrogens is 1. The van der Waals surface area contributed by atoms with E-state index in [1.807, 2.05) is 0 Å². The molecule has 2 heterocycles. The van der Waals surface area contributed by atoms with E-state index in [0.717, 1.165) is 5.82 Å². The first-order valence-electron chi connectivity index (χ1n) is 4.80. The van der Waals surface area contributed by atoms with Crippen LogP contribution in [0.3, 0.4) is 0 Å². The summed E-state index contributed by atoms with van der Waals surface area (Å²) in [6, 6.07) is 0. The summed E-state index contributed by atoms with van der Waals surface area (Å²) in [6.45, 7) is 1.75. The summed E-state index contributed by atoms with van der Waals surface area (Å²) in [4.78, 5) is 15.2. The summed E-state index contributed by atoms with van der Waals surface area (Å²) >= 11 is 0. The number of nitrogens with zero attached hydrogens (tertiary/aromatic N) is 3. The van der Waals surface area contributed by atoms with Crippen LogP contribution >= 0.6 is 0 Å². The van der Waals surface area contributed by atoms with E-state index in [4.69, 9.17) is 10.8 Å². The van der Waals surface area contributed by atoms with Crippen LogP contribution in [0.15, 0.2) is 6.33 Å². The molecule has 4 N–H and O–H groups in total. The molecule has 6 heteroatoms. The van der Waals surface area contributed by atoms with Gasteiger partial charge >= 0.3 is 0 Å². The van der Waals surface area contributed by atoms with Crippen molar-refractivity contribution in [2.45, 2.75) is 25.9 Å². The van der Waals surface area contributed by atoms with Gasteiger partial charge < -0.3 is 15.8 Å². The molecule has 0 aliphatic carbocycles. The SMILES string of the molecule is CC(O)CCc1nc2ncnc(N)c2[nH]1. The van der Waals surface area contributed by atoms with E-state index in [1.54, 1.807) is 6.92 Å². The topological polar surface area (TPSA) is 101 Å². The standard InChI is InChI=1S/C9H13N5O/c1-5(15)2-3-6-13-7-8(10)11-4-12-9(7)14-6/h4-5,15H,2-3H2,1H3,(H3,10,11,12,13,14). The lowest BCUT2D eigenvalue weighted by Crippen LogP contribution is -2.02. The zero-order valence-corrected chi connectivity index (χ0v) is 8.44. The highest BCUT2D eigenvalue weighted by Crippen LogP contribution is 2.14. The first-order valence-corrected chi connectivity index (χ1v) is 4.80. The molecule has 2 aromatic rings. The first kappa shape index (κ1) is 9.85. The Labute approximate surface area is 86.6 Å². The fourth-order valence-corrected chi connectivity index (χ4v) is 1.36. The highest BCUT2D eigenvalue weighted by molar-refractivity contribution is 5.80. The summed E-state index contributed by atoms with van der Waals surface area (Å²) < 4.78 is 0. The zero-order valence-electron chi connectivity index (χ0n) is 8.44. The molecule has 1 atom stereocenters. The number of aliphatic hydroxyl groups excluding tert-OH is 1. The van der Waals surface area contributed by atoms with Gasteiger partial charge in [-0.2, -0.15) is 0 Å². The molecule has 0 radical (unpaired) electrons. The Morgan fingerprint density at radius 1 is 1.53 bits per heavy atom. The lowest BCUT2D eigenvalue weighted by Gasteiger charge is -1.99. The monoisotopic (exact) mass is 207 g/mol. The van der Waals surface area contributed by atoms with Gasteiger partial charge in [0.25, 0.3) is 0 Å². The van der Waals surface area contributed by atoms with Gasteiger partial charge in [-0.05, 0) is 13.3 Å². The molecule has 1 unspecified atom stereocenters. The second-order valence-electron chi connectivity index (χ2n) is 3.53. The molecule has 0 saturated carbocycles. The van der Waals surface area contributed by atoms with Crippen LogP contribution < -0.4 is 5.73 Å². The summed E-state index contributed by atoms with van der Waals surface area (Å²) in [7, 11) is 0. The fourth-order valence-electron chi connectivity index (χ4n) is 1.36. The Balaban J connectivity index is 2.27. The summed E-state index contributed by atoms with van der Waals surface area (Å²) in [5.74, 6) is 1.17. The van der Waals surface area contributed by atoms with Crippen molar-refractivity contribution in [2.75, 3.05) is 5.73 Å². The second kappa shape index (κ2) is 3.82. The van der Waals surface area contributed by atoms with Gasteiger partial charge in [0.2, 0.25) is 0 Å². The quantitative estimate of drug-likeness (QED) is 0.669. The van der Waals surface area contributed by atoms with E-state index in [0.29, 0.717) is 29.8 Å². The summed E-state index contributed by atoms with van der Waals surface area (Å²) in [6.07, 6.45) is 2.39. The van der Waals surface area contributed by atoms with Gasteiger partial charge in [0.15, 0.2) is 11.5 Å². The number of nitrogens with two attached hydrogens (primary N) is 1. The predicted molar refractivity (Wildman–Crippen MR) is 56.1 cm³/mol. The van der Waals surface area contributed by atoms with Crippen molar-refractivity contribution in [1.82, 2.24) is 19.9 Å². The third-order valence-electron chi connectivity index (χ3n) is 2.17. The highest BCUT2D eigenvalue weighted by Gasteiger charge is 2.07. The number of aryl methyl sites for hydroxylation is 1. The number of rotatable bonds is 3. The molecule has 80 valence electrons. The van der Waals surface area contributed by atoms with Crippen molar-refractivity contribution in [2.24, 2.45) is 0 Å². The van der Waals surface area contributed by atoms with Crippen molar-refractivity contribution < 1.29 is 5.11 Å². The van der Waals surface area contributed by atoms with Crippen LogP contribution in [-0.4, -0.2) is 31.1 Å². The van der Waals surface area contributed by atoms with E-state index in [1.165, 1.54) is 6.33 Å². The fraction of sp³-hybridized carbons (Fsp3) is 0.444. The smallest absolute Gasteiger partial charge is 0.183 e. The highest BCUT2D eigenvalue weighted by atomic mass is 16.3. The van der Waals surface area contributed by atoms with Crippen LogP contribution in [0, 0.1) is 0 Å². The largest absolute Gasteiger partial charge is 0.393 e. The van der Waals surface area contributed by atoms with E-state index < -0.39 is 0 Å². The lowest BCUT2D eigenvalue weighted by atomic mass is 10.2. The van der Waals surface area contributed by atoms with Crippen LogP contribution in [-0.2, 0) is 6.42 Å². The Hall–Kier alpha value is -1.69. The number of hydrogen-bond donors (Lipinski definition) is 3. The lowest BCUT2D eigenvalue weighted by molar-refractivity contribution is 0.184. The van der Waals surface area contributed by atoms with Crippen LogP contribution in [0.1, 0.15) is 19.2 Å². The minimum absolute atomic E-state index is 0.332. The molecule has 0 bridgehead atoms. The maximum absolute atomic E-state index is 9.15. The van der Waals surface area contributed by atoms with Gasteiger partial charge in [-0.1, -0.05) is 0 Å². The van der Waals surface area contributed by atoms with E-state index in [2.05, 4.69) is 19.9 Å². The number of hydrogen-bond acceptors (Lipinski definition) is 5. The van der Waals surface area contributed by atoms with E-state index in [-0.39, 0.29) is 6.10 Å². The second-order valence-corrected chi connectivity index (χ2v) is 3.53. The first-order chi connectivity index (χ1) is 7.16. The molecule has 0 spiro atoms. The Bertz CT molecular complexity index is 464.